The van der Waals surface area contributed by atoms with Gasteiger partial charge in [0.1, 0.15) is 0 Å². The predicted octanol–water partition coefficient (Wildman–Crippen LogP) is 0.0132. The third-order valence-corrected chi connectivity index (χ3v) is 1.95. The molecule has 1 N–H and O–H groups in total. The van der Waals surface area contributed by atoms with Gasteiger partial charge in [-0.25, -0.2) is 0 Å². The van der Waals surface area contributed by atoms with E-state index in [1.165, 1.54) is 0 Å². The molecule has 3 nitrogen and oxygen atoms in total. The number of carbonyl (C=O) groups excluding carboxylic acids is 1. The van der Waals surface area contributed by atoms with Crippen molar-refractivity contribution in [2.75, 3.05) is 19.7 Å². The van der Waals surface area contributed by atoms with Crippen LogP contribution in [0.5, 0.6) is 0 Å². The van der Waals surface area contributed by atoms with Crippen LogP contribution in [0.3, 0.4) is 0 Å². The summed E-state index contributed by atoms with van der Waals surface area (Å²) in [6.45, 7) is 4.87. The number of hydrogen-bond donors (Lipinski definition) is 1. The first-order valence-corrected chi connectivity index (χ1v) is 3.79. The second-order valence-electron chi connectivity index (χ2n) is 2.76. The molecular formula is C8H13NO2. The van der Waals surface area contributed by atoms with Crippen LogP contribution < -0.4 is 0 Å². The minimum atomic E-state index is 0.0512. The number of likely N-dealkylation sites (tertiary alicyclic amines) is 1. The molecule has 1 rings (SSSR count). The lowest BCUT2D eigenvalue weighted by molar-refractivity contribution is -0.128. The number of rotatable bonds is 3. The number of aliphatic hydroxyl groups excluding tert-OH is 1. The highest BCUT2D eigenvalue weighted by molar-refractivity contribution is 5.78. The van der Waals surface area contributed by atoms with Crippen LogP contribution in [0.4, 0.5) is 0 Å². The maximum absolute atomic E-state index is 11.1. The lowest BCUT2D eigenvalue weighted by Gasteiger charge is -2.13. The summed E-state index contributed by atoms with van der Waals surface area (Å²) in [5.41, 5.74) is 0. The van der Waals surface area contributed by atoms with Crippen molar-refractivity contribution in [3.05, 3.63) is 12.7 Å². The second kappa shape index (κ2) is 3.53. The van der Waals surface area contributed by atoms with Gasteiger partial charge in [0.25, 0.3) is 0 Å². The molecule has 0 aromatic carbocycles. The third-order valence-electron chi connectivity index (χ3n) is 1.95. The topological polar surface area (TPSA) is 40.5 Å². The highest BCUT2D eigenvalue weighted by Gasteiger charge is 2.26. The fourth-order valence-corrected chi connectivity index (χ4v) is 1.30. The lowest BCUT2D eigenvalue weighted by atomic mass is 10.1. The highest BCUT2D eigenvalue weighted by Crippen LogP contribution is 2.17. The molecule has 0 bridgehead atoms. The van der Waals surface area contributed by atoms with E-state index in [-0.39, 0.29) is 18.4 Å². The molecule has 11 heavy (non-hydrogen) atoms. The average molecular weight is 155 g/mol. The number of nitrogens with zero attached hydrogens (tertiary/aromatic N) is 1. The summed E-state index contributed by atoms with van der Waals surface area (Å²) in [6, 6.07) is 0. The molecule has 1 atom stereocenters. The zero-order chi connectivity index (χ0) is 8.27. The Kier molecular flexibility index (Phi) is 2.65. The Balaban J connectivity index is 2.44. The monoisotopic (exact) mass is 155 g/mol. The predicted molar refractivity (Wildman–Crippen MR) is 42.0 cm³/mol. The van der Waals surface area contributed by atoms with Gasteiger partial charge in [0.2, 0.25) is 5.91 Å². The van der Waals surface area contributed by atoms with Crippen LogP contribution in [-0.4, -0.2) is 35.6 Å². The van der Waals surface area contributed by atoms with Gasteiger partial charge in [0.05, 0.1) is 6.61 Å². The molecular weight excluding hydrogens is 142 g/mol. The molecule has 0 aromatic heterocycles. The Morgan fingerprint density at radius 2 is 2.55 bits per heavy atom. The molecule has 0 radical (unpaired) electrons. The maximum atomic E-state index is 11.1. The minimum Gasteiger partial charge on any atom is -0.395 e. The number of carbonyl (C=O) groups is 1. The van der Waals surface area contributed by atoms with Gasteiger partial charge in [0, 0.05) is 25.4 Å². The van der Waals surface area contributed by atoms with Gasteiger partial charge < -0.3 is 10.0 Å². The first kappa shape index (κ1) is 8.27. The Hall–Kier alpha value is -0.830. The SMILES string of the molecule is C=CC1CC(=O)N(CCO)C1. The molecule has 1 saturated heterocycles. The molecule has 1 heterocycles. The van der Waals surface area contributed by atoms with E-state index in [2.05, 4.69) is 6.58 Å². The molecule has 0 aromatic rings. The van der Waals surface area contributed by atoms with Gasteiger partial charge in [-0.1, -0.05) is 6.08 Å². The molecule has 1 amide bonds. The van der Waals surface area contributed by atoms with Gasteiger partial charge in [-0.2, -0.15) is 0 Å². The number of β-amino-alcohol motifs (C(OH)–C–C–N with tert-alkyl or cyclic N) is 1. The van der Waals surface area contributed by atoms with Crippen molar-refractivity contribution in [1.29, 1.82) is 0 Å². The van der Waals surface area contributed by atoms with Crippen molar-refractivity contribution in [3.63, 3.8) is 0 Å². The molecule has 0 spiro atoms. The number of hydrogen-bond acceptors (Lipinski definition) is 2. The van der Waals surface area contributed by atoms with Crippen LogP contribution in [0.15, 0.2) is 12.7 Å². The van der Waals surface area contributed by atoms with Crippen molar-refractivity contribution in [1.82, 2.24) is 4.90 Å². The van der Waals surface area contributed by atoms with Crippen LogP contribution in [0.25, 0.3) is 0 Å². The normalized spacial score (nSPS) is 24.3. The lowest BCUT2D eigenvalue weighted by Crippen LogP contribution is -2.28. The molecule has 0 saturated carbocycles. The molecule has 0 aliphatic carbocycles. The van der Waals surface area contributed by atoms with Crippen molar-refractivity contribution in [3.8, 4) is 0 Å². The smallest absolute Gasteiger partial charge is 0.223 e. The van der Waals surface area contributed by atoms with Gasteiger partial charge in [0.15, 0.2) is 0 Å². The van der Waals surface area contributed by atoms with Gasteiger partial charge in [-0.05, 0) is 0 Å². The Labute approximate surface area is 66.3 Å². The van der Waals surface area contributed by atoms with E-state index in [1.807, 2.05) is 0 Å². The Morgan fingerprint density at radius 1 is 1.82 bits per heavy atom. The summed E-state index contributed by atoms with van der Waals surface area (Å²) >= 11 is 0. The highest BCUT2D eigenvalue weighted by atomic mass is 16.3. The summed E-state index contributed by atoms with van der Waals surface area (Å²) in [5, 5.41) is 8.58. The van der Waals surface area contributed by atoms with Crippen molar-refractivity contribution >= 4 is 5.91 Å². The van der Waals surface area contributed by atoms with Crippen LogP contribution in [-0.2, 0) is 4.79 Å². The molecule has 1 unspecified atom stereocenters. The summed E-state index contributed by atoms with van der Waals surface area (Å²) in [4.78, 5) is 12.8. The first-order valence-electron chi connectivity index (χ1n) is 3.79. The second-order valence-corrected chi connectivity index (χ2v) is 2.76. The van der Waals surface area contributed by atoms with Crippen molar-refractivity contribution in [2.45, 2.75) is 6.42 Å². The number of aliphatic hydroxyl groups is 1. The quantitative estimate of drug-likeness (QED) is 0.583. The van der Waals surface area contributed by atoms with E-state index < -0.39 is 0 Å². The fraction of sp³-hybridized carbons (Fsp3) is 0.625. The van der Waals surface area contributed by atoms with Crippen LogP contribution >= 0.6 is 0 Å². The summed E-state index contributed by atoms with van der Waals surface area (Å²) < 4.78 is 0. The van der Waals surface area contributed by atoms with E-state index in [4.69, 9.17) is 5.11 Å². The molecule has 1 aliphatic rings. The summed E-state index contributed by atoms with van der Waals surface area (Å²) in [7, 11) is 0. The van der Waals surface area contributed by atoms with Gasteiger partial charge in [-0.15, -0.1) is 6.58 Å². The first-order chi connectivity index (χ1) is 5.27. The zero-order valence-electron chi connectivity index (χ0n) is 6.49. The molecule has 1 aliphatic heterocycles. The number of amides is 1. The molecule has 1 fully saturated rings. The van der Waals surface area contributed by atoms with Crippen LogP contribution in [0.2, 0.25) is 0 Å². The summed E-state index contributed by atoms with van der Waals surface area (Å²) in [6.07, 6.45) is 2.36. The summed E-state index contributed by atoms with van der Waals surface area (Å²) in [5.74, 6) is 0.415. The van der Waals surface area contributed by atoms with Crippen molar-refractivity contribution in [2.24, 2.45) is 5.92 Å². The van der Waals surface area contributed by atoms with Crippen molar-refractivity contribution < 1.29 is 9.90 Å². The molecule has 3 heteroatoms. The standard InChI is InChI=1S/C8H13NO2/c1-2-7-5-8(11)9(6-7)3-4-10/h2,7,10H,1,3-6H2. The van der Waals surface area contributed by atoms with E-state index in [0.717, 1.165) is 6.54 Å². The molecule has 62 valence electrons. The van der Waals surface area contributed by atoms with E-state index in [9.17, 15) is 4.79 Å². The van der Waals surface area contributed by atoms with Gasteiger partial charge in [-0.3, -0.25) is 4.79 Å². The largest absolute Gasteiger partial charge is 0.395 e. The van der Waals surface area contributed by atoms with Crippen LogP contribution in [0.1, 0.15) is 6.42 Å². The third kappa shape index (κ3) is 1.80. The maximum Gasteiger partial charge on any atom is 0.223 e. The average Bonchev–Trinajstić information content (AvgIpc) is 2.33. The van der Waals surface area contributed by atoms with E-state index in [1.54, 1.807) is 11.0 Å². The van der Waals surface area contributed by atoms with E-state index in [0.29, 0.717) is 13.0 Å². The fourth-order valence-electron chi connectivity index (χ4n) is 1.30. The Bertz CT molecular complexity index is 167. The Morgan fingerprint density at radius 3 is 3.00 bits per heavy atom. The minimum absolute atomic E-state index is 0.0512. The van der Waals surface area contributed by atoms with Crippen LogP contribution in [0, 0.1) is 5.92 Å². The zero-order valence-corrected chi connectivity index (χ0v) is 6.49. The van der Waals surface area contributed by atoms with E-state index >= 15 is 0 Å². The van der Waals surface area contributed by atoms with Gasteiger partial charge >= 0.3 is 0 Å².